The summed E-state index contributed by atoms with van der Waals surface area (Å²) < 4.78 is 41.4. The van der Waals surface area contributed by atoms with Gasteiger partial charge in [0, 0.05) is 38.7 Å². The summed E-state index contributed by atoms with van der Waals surface area (Å²) in [5, 5.41) is 4.87. The molecule has 2 heterocycles. The van der Waals surface area contributed by atoms with Crippen molar-refractivity contribution in [3.05, 3.63) is 82.4 Å². The highest BCUT2D eigenvalue weighted by Crippen LogP contribution is 2.28. The third-order valence-corrected chi connectivity index (χ3v) is 7.84. The van der Waals surface area contributed by atoms with Crippen LogP contribution in [0.3, 0.4) is 0 Å². The Kier molecular flexibility index (Phi) is 6.46. The molecule has 0 bridgehead atoms. The lowest BCUT2D eigenvalue weighted by Crippen LogP contribution is -2.32. The van der Waals surface area contributed by atoms with Gasteiger partial charge in [0.25, 0.3) is 0 Å². The van der Waals surface area contributed by atoms with Crippen LogP contribution in [0.1, 0.15) is 35.0 Å². The SMILES string of the molecule is CCS(=O)(=O)N(C)Cc1nn(-c2ccc(C)cc2)c2c1CN(Cc1ccc(F)cc1)CC2. The van der Waals surface area contributed by atoms with Crippen molar-refractivity contribution in [1.29, 1.82) is 0 Å². The molecule has 0 atom stereocenters. The van der Waals surface area contributed by atoms with E-state index >= 15 is 0 Å². The van der Waals surface area contributed by atoms with Gasteiger partial charge in [0.2, 0.25) is 10.0 Å². The van der Waals surface area contributed by atoms with Crippen molar-refractivity contribution in [3.8, 4) is 5.69 Å². The van der Waals surface area contributed by atoms with Crippen LogP contribution in [0, 0.1) is 12.7 Å². The average Bonchev–Trinajstić information content (AvgIpc) is 3.13. The maximum Gasteiger partial charge on any atom is 0.213 e. The van der Waals surface area contributed by atoms with Crippen molar-refractivity contribution in [2.75, 3.05) is 19.3 Å². The smallest absolute Gasteiger partial charge is 0.213 e. The fourth-order valence-electron chi connectivity index (χ4n) is 4.08. The van der Waals surface area contributed by atoms with E-state index in [4.69, 9.17) is 5.10 Å². The number of aromatic nitrogens is 2. The van der Waals surface area contributed by atoms with Crippen molar-refractivity contribution in [1.82, 2.24) is 19.0 Å². The summed E-state index contributed by atoms with van der Waals surface area (Å²) in [5.41, 5.74) is 6.19. The number of fused-ring (bicyclic) bond motifs is 1. The number of hydrogen-bond acceptors (Lipinski definition) is 4. The van der Waals surface area contributed by atoms with Crippen LogP contribution in [-0.2, 0) is 36.1 Å². The van der Waals surface area contributed by atoms with Crippen LogP contribution in [0.25, 0.3) is 5.69 Å². The number of nitrogens with zero attached hydrogens (tertiary/aromatic N) is 4. The standard InChI is InChI=1S/C24H29FN4O2S/c1-4-32(30,31)27(3)17-23-22-16-28(15-19-7-9-20(25)10-8-19)14-13-24(22)29(26-23)21-11-5-18(2)6-12-21/h5-12H,4,13-17H2,1-3H3. The Hall–Kier alpha value is -2.55. The van der Waals surface area contributed by atoms with E-state index in [1.54, 1.807) is 14.0 Å². The molecule has 2 aromatic carbocycles. The van der Waals surface area contributed by atoms with Gasteiger partial charge in [0.15, 0.2) is 0 Å². The molecule has 6 nitrogen and oxygen atoms in total. The minimum absolute atomic E-state index is 0.0566. The first-order valence-corrected chi connectivity index (χ1v) is 12.4. The molecule has 170 valence electrons. The first kappa shape index (κ1) is 22.6. The fourth-order valence-corrected chi connectivity index (χ4v) is 4.84. The molecule has 1 aliphatic heterocycles. The summed E-state index contributed by atoms with van der Waals surface area (Å²) in [7, 11) is -1.71. The van der Waals surface area contributed by atoms with Crippen molar-refractivity contribution >= 4 is 10.0 Å². The minimum Gasteiger partial charge on any atom is -0.294 e. The van der Waals surface area contributed by atoms with Gasteiger partial charge in [-0.15, -0.1) is 0 Å². The molecule has 0 radical (unpaired) electrons. The summed E-state index contributed by atoms with van der Waals surface area (Å²) in [4.78, 5) is 2.30. The van der Waals surface area contributed by atoms with Crippen molar-refractivity contribution < 1.29 is 12.8 Å². The van der Waals surface area contributed by atoms with Gasteiger partial charge < -0.3 is 0 Å². The van der Waals surface area contributed by atoms with E-state index in [1.165, 1.54) is 22.0 Å². The van der Waals surface area contributed by atoms with E-state index in [-0.39, 0.29) is 18.1 Å². The maximum atomic E-state index is 13.3. The van der Waals surface area contributed by atoms with E-state index in [2.05, 4.69) is 17.0 Å². The number of aryl methyl sites for hydroxylation is 1. The van der Waals surface area contributed by atoms with Crippen LogP contribution in [0.5, 0.6) is 0 Å². The van der Waals surface area contributed by atoms with Crippen LogP contribution in [0.15, 0.2) is 48.5 Å². The first-order chi connectivity index (χ1) is 15.3. The molecule has 0 unspecified atom stereocenters. The number of halogens is 1. The van der Waals surface area contributed by atoms with E-state index < -0.39 is 10.0 Å². The van der Waals surface area contributed by atoms with Gasteiger partial charge in [-0.25, -0.2) is 17.5 Å². The van der Waals surface area contributed by atoms with Gasteiger partial charge >= 0.3 is 0 Å². The molecule has 0 amide bonds. The lowest BCUT2D eigenvalue weighted by Gasteiger charge is -2.28. The Labute approximate surface area is 189 Å². The molecular formula is C24H29FN4O2S. The number of sulfonamides is 1. The summed E-state index contributed by atoms with van der Waals surface area (Å²) in [6.07, 6.45) is 0.807. The van der Waals surface area contributed by atoms with Gasteiger partial charge in [-0.3, -0.25) is 4.90 Å². The molecule has 0 N–H and O–H groups in total. The number of rotatable bonds is 7. The topological polar surface area (TPSA) is 58.4 Å². The molecule has 0 aliphatic carbocycles. The lowest BCUT2D eigenvalue weighted by molar-refractivity contribution is 0.242. The van der Waals surface area contributed by atoms with Gasteiger partial charge in [0.1, 0.15) is 5.82 Å². The van der Waals surface area contributed by atoms with Crippen molar-refractivity contribution in [2.45, 2.75) is 39.9 Å². The molecule has 0 saturated heterocycles. The van der Waals surface area contributed by atoms with Gasteiger partial charge in [0.05, 0.1) is 29.4 Å². The van der Waals surface area contributed by atoms with Crippen LogP contribution < -0.4 is 0 Å². The molecule has 0 saturated carbocycles. The normalized spacial score (nSPS) is 14.7. The Morgan fingerprint density at radius 2 is 1.78 bits per heavy atom. The van der Waals surface area contributed by atoms with Crippen LogP contribution in [0.2, 0.25) is 0 Å². The minimum atomic E-state index is -3.32. The second-order valence-electron chi connectivity index (χ2n) is 8.36. The average molecular weight is 457 g/mol. The molecule has 8 heteroatoms. The summed E-state index contributed by atoms with van der Waals surface area (Å²) in [5.74, 6) is -0.183. The summed E-state index contributed by atoms with van der Waals surface area (Å²) in [6.45, 7) is 6.17. The molecular weight excluding hydrogens is 427 g/mol. The molecule has 1 aliphatic rings. The molecule has 3 aromatic rings. The fraction of sp³-hybridized carbons (Fsp3) is 0.375. The molecule has 32 heavy (non-hydrogen) atoms. The highest BCUT2D eigenvalue weighted by Gasteiger charge is 2.28. The highest BCUT2D eigenvalue weighted by atomic mass is 32.2. The summed E-state index contributed by atoms with van der Waals surface area (Å²) in [6, 6.07) is 14.8. The van der Waals surface area contributed by atoms with Gasteiger partial charge in [-0.05, 0) is 43.7 Å². The van der Waals surface area contributed by atoms with Crippen LogP contribution >= 0.6 is 0 Å². The second kappa shape index (κ2) is 9.13. The zero-order valence-corrected chi connectivity index (χ0v) is 19.6. The van der Waals surface area contributed by atoms with E-state index in [0.717, 1.165) is 41.2 Å². The predicted molar refractivity (Wildman–Crippen MR) is 123 cm³/mol. The van der Waals surface area contributed by atoms with Gasteiger partial charge in [-0.2, -0.15) is 9.40 Å². The number of hydrogen-bond donors (Lipinski definition) is 0. The van der Waals surface area contributed by atoms with Crippen LogP contribution in [-0.4, -0.2) is 46.7 Å². The van der Waals surface area contributed by atoms with Crippen LogP contribution in [0.4, 0.5) is 4.39 Å². The Morgan fingerprint density at radius 1 is 1.09 bits per heavy atom. The molecule has 0 spiro atoms. The first-order valence-electron chi connectivity index (χ1n) is 10.8. The molecule has 1 aromatic heterocycles. The molecule has 0 fully saturated rings. The second-order valence-corrected chi connectivity index (χ2v) is 10.7. The maximum absolute atomic E-state index is 13.3. The van der Waals surface area contributed by atoms with E-state index in [0.29, 0.717) is 13.1 Å². The summed E-state index contributed by atoms with van der Waals surface area (Å²) >= 11 is 0. The zero-order valence-electron chi connectivity index (χ0n) is 18.8. The Morgan fingerprint density at radius 3 is 2.44 bits per heavy atom. The predicted octanol–water partition coefficient (Wildman–Crippen LogP) is 3.66. The number of benzene rings is 2. The third-order valence-electron chi connectivity index (χ3n) is 6.03. The zero-order chi connectivity index (χ0) is 22.9. The monoisotopic (exact) mass is 456 g/mol. The highest BCUT2D eigenvalue weighted by molar-refractivity contribution is 7.89. The third kappa shape index (κ3) is 4.77. The lowest BCUT2D eigenvalue weighted by atomic mass is 10.0. The van der Waals surface area contributed by atoms with Gasteiger partial charge in [-0.1, -0.05) is 29.8 Å². The van der Waals surface area contributed by atoms with E-state index in [9.17, 15) is 12.8 Å². The van der Waals surface area contributed by atoms with E-state index in [1.807, 2.05) is 35.9 Å². The Balaban J connectivity index is 1.67. The Bertz CT molecular complexity index is 1190. The molecule has 4 rings (SSSR count). The largest absolute Gasteiger partial charge is 0.294 e. The quantitative estimate of drug-likeness (QED) is 0.545. The van der Waals surface area contributed by atoms with Crippen molar-refractivity contribution in [3.63, 3.8) is 0 Å². The van der Waals surface area contributed by atoms with Crippen molar-refractivity contribution in [2.24, 2.45) is 0 Å².